The van der Waals surface area contributed by atoms with Gasteiger partial charge in [0.15, 0.2) is 0 Å². The lowest BCUT2D eigenvalue weighted by molar-refractivity contribution is -0.119. The van der Waals surface area contributed by atoms with E-state index in [1.807, 2.05) is 13.8 Å². The van der Waals surface area contributed by atoms with Crippen molar-refractivity contribution in [2.75, 3.05) is 0 Å². The Labute approximate surface area is 74.0 Å². The molecule has 0 saturated heterocycles. The SMILES string of the molecule is CC(C)=CC(=O)NC1(C)CCC1. The largest absolute Gasteiger partial charge is 0.347 e. The summed E-state index contributed by atoms with van der Waals surface area (Å²) in [6, 6.07) is 0. The number of hydrogen-bond acceptors (Lipinski definition) is 1. The highest BCUT2D eigenvalue weighted by molar-refractivity contribution is 5.88. The first-order valence-corrected chi connectivity index (χ1v) is 4.49. The van der Waals surface area contributed by atoms with E-state index in [-0.39, 0.29) is 11.4 Å². The molecule has 2 heteroatoms. The van der Waals surface area contributed by atoms with Crippen LogP contribution in [0.2, 0.25) is 0 Å². The van der Waals surface area contributed by atoms with Crippen LogP contribution < -0.4 is 5.32 Å². The molecule has 12 heavy (non-hydrogen) atoms. The molecule has 0 aromatic rings. The van der Waals surface area contributed by atoms with Gasteiger partial charge in [-0.1, -0.05) is 5.57 Å². The van der Waals surface area contributed by atoms with E-state index < -0.39 is 0 Å². The van der Waals surface area contributed by atoms with Gasteiger partial charge in [0.25, 0.3) is 0 Å². The summed E-state index contributed by atoms with van der Waals surface area (Å²) >= 11 is 0. The summed E-state index contributed by atoms with van der Waals surface area (Å²) in [6.07, 6.45) is 5.14. The summed E-state index contributed by atoms with van der Waals surface area (Å²) in [5, 5.41) is 3.01. The first-order chi connectivity index (χ1) is 5.52. The molecule has 68 valence electrons. The smallest absolute Gasteiger partial charge is 0.244 e. The van der Waals surface area contributed by atoms with Crippen molar-refractivity contribution in [2.24, 2.45) is 0 Å². The average molecular weight is 167 g/mol. The Bertz CT molecular complexity index is 210. The Balaban J connectivity index is 2.41. The maximum absolute atomic E-state index is 11.3. The van der Waals surface area contributed by atoms with Crippen LogP contribution in [0.15, 0.2) is 11.6 Å². The molecule has 0 unspecified atom stereocenters. The summed E-state index contributed by atoms with van der Waals surface area (Å²) in [7, 11) is 0. The molecule has 0 atom stereocenters. The number of carbonyl (C=O) groups is 1. The quantitative estimate of drug-likeness (QED) is 0.626. The van der Waals surface area contributed by atoms with Crippen LogP contribution in [0.5, 0.6) is 0 Å². The molecule has 1 N–H and O–H groups in total. The van der Waals surface area contributed by atoms with E-state index in [0.717, 1.165) is 18.4 Å². The van der Waals surface area contributed by atoms with Crippen molar-refractivity contribution in [1.29, 1.82) is 0 Å². The van der Waals surface area contributed by atoms with Gasteiger partial charge in [0.2, 0.25) is 5.91 Å². The normalized spacial score (nSPS) is 19.2. The van der Waals surface area contributed by atoms with Crippen molar-refractivity contribution >= 4 is 5.91 Å². The summed E-state index contributed by atoms with van der Waals surface area (Å²) < 4.78 is 0. The number of hydrogen-bond donors (Lipinski definition) is 1. The van der Waals surface area contributed by atoms with Crippen molar-refractivity contribution in [2.45, 2.75) is 45.6 Å². The van der Waals surface area contributed by atoms with Crippen molar-refractivity contribution in [3.8, 4) is 0 Å². The average Bonchev–Trinajstić information content (AvgIpc) is 1.81. The van der Waals surface area contributed by atoms with Crippen LogP contribution in [0.1, 0.15) is 40.0 Å². The highest BCUT2D eigenvalue weighted by Gasteiger charge is 2.32. The van der Waals surface area contributed by atoms with E-state index in [2.05, 4.69) is 12.2 Å². The first-order valence-electron chi connectivity index (χ1n) is 4.49. The van der Waals surface area contributed by atoms with E-state index in [1.54, 1.807) is 6.08 Å². The fourth-order valence-electron chi connectivity index (χ4n) is 1.43. The number of nitrogens with one attached hydrogen (secondary N) is 1. The second-order valence-corrected chi connectivity index (χ2v) is 4.13. The maximum Gasteiger partial charge on any atom is 0.244 e. The fraction of sp³-hybridized carbons (Fsp3) is 0.700. The van der Waals surface area contributed by atoms with Crippen LogP contribution in [0.25, 0.3) is 0 Å². The maximum atomic E-state index is 11.3. The van der Waals surface area contributed by atoms with E-state index in [9.17, 15) is 4.79 Å². The predicted octanol–water partition coefficient (Wildman–Crippen LogP) is 2.01. The third kappa shape index (κ3) is 2.36. The second-order valence-electron chi connectivity index (χ2n) is 4.13. The minimum atomic E-state index is 0.0530. The minimum Gasteiger partial charge on any atom is -0.347 e. The molecule has 1 saturated carbocycles. The Morgan fingerprint density at radius 2 is 2.00 bits per heavy atom. The summed E-state index contributed by atoms with van der Waals surface area (Å²) in [6.45, 7) is 5.97. The van der Waals surface area contributed by atoms with Gasteiger partial charge in [-0.25, -0.2) is 0 Å². The molecular formula is C10H17NO. The zero-order valence-electron chi connectivity index (χ0n) is 8.11. The van der Waals surface area contributed by atoms with Gasteiger partial charge in [0.1, 0.15) is 0 Å². The highest BCUT2D eigenvalue weighted by Crippen LogP contribution is 2.30. The monoisotopic (exact) mass is 167 g/mol. The van der Waals surface area contributed by atoms with Crippen LogP contribution >= 0.6 is 0 Å². The second kappa shape index (κ2) is 3.30. The van der Waals surface area contributed by atoms with Crippen molar-refractivity contribution in [3.05, 3.63) is 11.6 Å². The van der Waals surface area contributed by atoms with Gasteiger partial charge in [-0.2, -0.15) is 0 Å². The lowest BCUT2D eigenvalue weighted by Gasteiger charge is -2.38. The molecule has 1 amide bonds. The van der Waals surface area contributed by atoms with E-state index in [4.69, 9.17) is 0 Å². The van der Waals surface area contributed by atoms with Crippen LogP contribution in [0.3, 0.4) is 0 Å². The molecule has 0 aromatic heterocycles. The predicted molar refractivity (Wildman–Crippen MR) is 49.8 cm³/mol. The van der Waals surface area contributed by atoms with Gasteiger partial charge in [-0.05, 0) is 40.0 Å². The third-order valence-electron chi connectivity index (χ3n) is 2.30. The molecule has 2 nitrogen and oxygen atoms in total. The molecule has 1 fully saturated rings. The summed E-state index contributed by atoms with van der Waals surface area (Å²) in [4.78, 5) is 11.3. The van der Waals surface area contributed by atoms with Gasteiger partial charge in [-0.15, -0.1) is 0 Å². The lowest BCUT2D eigenvalue weighted by atomic mass is 9.78. The standard InChI is InChI=1S/C10H17NO/c1-8(2)7-9(12)11-10(3)5-4-6-10/h7H,4-6H2,1-3H3,(H,11,12). The third-order valence-corrected chi connectivity index (χ3v) is 2.30. The Kier molecular flexibility index (Phi) is 2.55. The Hall–Kier alpha value is -0.790. The molecule has 1 aliphatic rings. The molecule has 0 spiro atoms. The molecule has 0 bridgehead atoms. The molecule has 0 aliphatic heterocycles. The van der Waals surface area contributed by atoms with Gasteiger partial charge >= 0.3 is 0 Å². The van der Waals surface area contributed by atoms with Crippen molar-refractivity contribution in [3.63, 3.8) is 0 Å². The molecular weight excluding hydrogens is 150 g/mol. The number of carbonyl (C=O) groups excluding carboxylic acids is 1. The van der Waals surface area contributed by atoms with Gasteiger partial charge in [0.05, 0.1) is 0 Å². The van der Waals surface area contributed by atoms with Crippen LogP contribution in [0, 0.1) is 0 Å². The molecule has 0 radical (unpaired) electrons. The van der Waals surface area contributed by atoms with Crippen molar-refractivity contribution in [1.82, 2.24) is 5.32 Å². The minimum absolute atomic E-state index is 0.0530. The molecule has 1 aliphatic carbocycles. The Morgan fingerprint density at radius 1 is 1.42 bits per heavy atom. The highest BCUT2D eigenvalue weighted by atomic mass is 16.1. The van der Waals surface area contributed by atoms with Crippen LogP contribution in [-0.2, 0) is 4.79 Å². The topological polar surface area (TPSA) is 29.1 Å². The first kappa shape index (κ1) is 9.30. The zero-order chi connectivity index (χ0) is 9.19. The summed E-state index contributed by atoms with van der Waals surface area (Å²) in [5.41, 5.74) is 1.14. The van der Waals surface area contributed by atoms with Crippen molar-refractivity contribution < 1.29 is 4.79 Å². The zero-order valence-corrected chi connectivity index (χ0v) is 8.11. The van der Waals surface area contributed by atoms with Crippen LogP contribution in [0.4, 0.5) is 0 Å². The Morgan fingerprint density at radius 3 is 2.33 bits per heavy atom. The fourth-order valence-corrected chi connectivity index (χ4v) is 1.43. The van der Waals surface area contributed by atoms with E-state index in [0.29, 0.717) is 0 Å². The number of rotatable bonds is 2. The molecule has 0 aromatic carbocycles. The van der Waals surface area contributed by atoms with Gasteiger partial charge in [0, 0.05) is 11.6 Å². The number of amides is 1. The van der Waals surface area contributed by atoms with E-state index >= 15 is 0 Å². The summed E-state index contributed by atoms with van der Waals surface area (Å²) in [5.74, 6) is 0.0530. The number of allylic oxidation sites excluding steroid dienone is 1. The van der Waals surface area contributed by atoms with Crippen LogP contribution in [-0.4, -0.2) is 11.4 Å². The van der Waals surface area contributed by atoms with E-state index in [1.165, 1.54) is 6.42 Å². The van der Waals surface area contributed by atoms with Gasteiger partial charge in [-0.3, -0.25) is 4.79 Å². The van der Waals surface area contributed by atoms with Gasteiger partial charge < -0.3 is 5.32 Å². The molecule has 0 heterocycles. The lowest BCUT2D eigenvalue weighted by Crippen LogP contribution is -2.50. The molecule has 1 rings (SSSR count).